The van der Waals surface area contributed by atoms with Crippen LogP contribution in [0.4, 0.5) is 0 Å². The van der Waals surface area contributed by atoms with E-state index in [-0.39, 0.29) is 11.3 Å². The van der Waals surface area contributed by atoms with Crippen LogP contribution in [0.15, 0.2) is 30.3 Å². The number of carbonyl (C=O) groups is 1. The average Bonchev–Trinajstić information content (AvgIpc) is 2.47. The molecule has 1 amide bonds. The number of nitrogens with one attached hydrogen (secondary N) is 1. The molecule has 0 saturated carbocycles. The summed E-state index contributed by atoms with van der Waals surface area (Å²) in [5.74, 6) is 0.262. The second kappa shape index (κ2) is 5.53. The molecule has 0 radical (unpaired) electrons. The zero-order valence-electron chi connectivity index (χ0n) is 11.3. The maximum atomic E-state index is 12.7. The minimum absolute atomic E-state index is 0.262. The lowest BCUT2D eigenvalue weighted by Gasteiger charge is -2.39. The number of nitrogens with zero attached hydrogens (tertiary/aromatic N) is 1. The quantitative estimate of drug-likeness (QED) is 0.882. The molecule has 2 rings (SSSR count). The van der Waals surface area contributed by atoms with E-state index in [0.717, 1.165) is 38.0 Å². The van der Waals surface area contributed by atoms with Gasteiger partial charge in [0, 0.05) is 13.6 Å². The third-order valence-electron chi connectivity index (χ3n) is 4.01. The summed E-state index contributed by atoms with van der Waals surface area (Å²) in [5, 5.41) is 3.35. The van der Waals surface area contributed by atoms with E-state index in [1.165, 1.54) is 0 Å². The molecule has 1 aliphatic rings. The van der Waals surface area contributed by atoms with Crippen molar-refractivity contribution < 1.29 is 4.79 Å². The summed E-state index contributed by atoms with van der Waals surface area (Å²) in [7, 11) is 1.90. The van der Waals surface area contributed by atoms with Gasteiger partial charge < -0.3 is 10.2 Å². The Morgan fingerprint density at radius 1 is 1.28 bits per heavy atom. The molecule has 1 fully saturated rings. The van der Waals surface area contributed by atoms with Crippen molar-refractivity contribution >= 4 is 5.91 Å². The van der Waals surface area contributed by atoms with Crippen molar-refractivity contribution in [1.29, 1.82) is 0 Å². The molecule has 0 aliphatic carbocycles. The Balaban J connectivity index is 2.37. The fraction of sp³-hybridized carbons (Fsp3) is 0.533. The molecule has 1 aliphatic heterocycles. The zero-order valence-corrected chi connectivity index (χ0v) is 11.3. The Kier molecular flexibility index (Phi) is 4.02. The van der Waals surface area contributed by atoms with Gasteiger partial charge in [-0.1, -0.05) is 30.3 Å². The van der Waals surface area contributed by atoms with Crippen LogP contribution in [-0.4, -0.2) is 37.5 Å². The summed E-state index contributed by atoms with van der Waals surface area (Å²) >= 11 is 0. The summed E-state index contributed by atoms with van der Waals surface area (Å²) in [4.78, 5) is 14.6. The topological polar surface area (TPSA) is 32.3 Å². The first-order valence-corrected chi connectivity index (χ1v) is 6.72. The first kappa shape index (κ1) is 13.1. The molecule has 1 aromatic rings. The molecule has 18 heavy (non-hydrogen) atoms. The van der Waals surface area contributed by atoms with E-state index in [0.29, 0.717) is 0 Å². The van der Waals surface area contributed by atoms with Gasteiger partial charge in [0.25, 0.3) is 0 Å². The van der Waals surface area contributed by atoms with Gasteiger partial charge in [-0.15, -0.1) is 0 Å². The van der Waals surface area contributed by atoms with E-state index in [9.17, 15) is 4.79 Å². The summed E-state index contributed by atoms with van der Waals surface area (Å²) in [6.07, 6.45) is 1.78. The fourth-order valence-electron chi connectivity index (χ4n) is 2.75. The van der Waals surface area contributed by atoms with Crippen molar-refractivity contribution in [3.8, 4) is 0 Å². The van der Waals surface area contributed by atoms with Crippen LogP contribution in [-0.2, 0) is 10.2 Å². The van der Waals surface area contributed by atoms with Crippen molar-refractivity contribution in [3.05, 3.63) is 35.9 Å². The predicted octanol–water partition coefficient (Wildman–Crippen LogP) is 1.79. The molecule has 0 bridgehead atoms. The lowest BCUT2D eigenvalue weighted by molar-refractivity contribution is -0.137. The normalized spacial score (nSPS) is 18.3. The van der Waals surface area contributed by atoms with E-state index >= 15 is 0 Å². The molecule has 1 heterocycles. The zero-order chi connectivity index (χ0) is 13.0. The lowest BCUT2D eigenvalue weighted by Crippen LogP contribution is -2.51. The highest BCUT2D eigenvalue weighted by atomic mass is 16.2. The monoisotopic (exact) mass is 246 g/mol. The number of benzene rings is 1. The Morgan fingerprint density at radius 2 is 1.89 bits per heavy atom. The highest BCUT2D eigenvalue weighted by Gasteiger charge is 2.42. The van der Waals surface area contributed by atoms with E-state index in [2.05, 4.69) is 17.4 Å². The first-order chi connectivity index (χ1) is 8.70. The lowest BCUT2D eigenvalue weighted by atomic mass is 9.72. The Bertz CT molecular complexity index is 396. The standard InChI is InChI=1S/C15H22N2O/c1-3-17(2)14(18)15(9-11-16-12-10-15)13-7-5-4-6-8-13/h4-8,16H,3,9-12H2,1-2H3. The van der Waals surface area contributed by atoms with Gasteiger partial charge in [-0.05, 0) is 38.4 Å². The van der Waals surface area contributed by atoms with Crippen molar-refractivity contribution in [1.82, 2.24) is 10.2 Å². The van der Waals surface area contributed by atoms with Crippen LogP contribution in [0, 0.1) is 0 Å². The number of hydrogen-bond donors (Lipinski definition) is 1. The van der Waals surface area contributed by atoms with Gasteiger partial charge in [-0.2, -0.15) is 0 Å². The predicted molar refractivity (Wildman–Crippen MR) is 73.5 cm³/mol. The summed E-state index contributed by atoms with van der Waals surface area (Å²) in [5.41, 5.74) is 0.842. The Labute approximate surface area is 109 Å². The van der Waals surface area contributed by atoms with E-state index < -0.39 is 0 Å². The van der Waals surface area contributed by atoms with Gasteiger partial charge in [0.1, 0.15) is 0 Å². The number of carbonyl (C=O) groups excluding carboxylic acids is 1. The molecule has 3 heteroatoms. The Hall–Kier alpha value is -1.35. The minimum Gasteiger partial charge on any atom is -0.345 e. The van der Waals surface area contributed by atoms with E-state index in [1.807, 2.05) is 37.1 Å². The summed E-state index contributed by atoms with van der Waals surface area (Å²) in [6.45, 7) is 4.62. The largest absolute Gasteiger partial charge is 0.345 e. The second-order valence-corrected chi connectivity index (χ2v) is 5.02. The molecule has 1 aromatic carbocycles. The smallest absolute Gasteiger partial charge is 0.233 e. The van der Waals surface area contributed by atoms with Crippen LogP contribution in [0.5, 0.6) is 0 Å². The van der Waals surface area contributed by atoms with Gasteiger partial charge in [-0.25, -0.2) is 0 Å². The molecule has 98 valence electrons. The van der Waals surface area contributed by atoms with Crippen LogP contribution >= 0.6 is 0 Å². The van der Waals surface area contributed by atoms with Crippen LogP contribution in [0.25, 0.3) is 0 Å². The number of hydrogen-bond acceptors (Lipinski definition) is 2. The third-order valence-corrected chi connectivity index (χ3v) is 4.01. The maximum absolute atomic E-state index is 12.7. The third kappa shape index (κ3) is 2.27. The molecule has 3 nitrogen and oxygen atoms in total. The molecular formula is C15H22N2O. The van der Waals surface area contributed by atoms with Crippen molar-refractivity contribution in [2.45, 2.75) is 25.2 Å². The van der Waals surface area contributed by atoms with Gasteiger partial charge >= 0.3 is 0 Å². The average molecular weight is 246 g/mol. The van der Waals surface area contributed by atoms with E-state index in [1.54, 1.807) is 0 Å². The van der Waals surface area contributed by atoms with Crippen molar-refractivity contribution in [3.63, 3.8) is 0 Å². The molecular weight excluding hydrogens is 224 g/mol. The van der Waals surface area contributed by atoms with Crippen LogP contribution < -0.4 is 5.32 Å². The van der Waals surface area contributed by atoms with Gasteiger partial charge in [-0.3, -0.25) is 4.79 Å². The van der Waals surface area contributed by atoms with Gasteiger partial charge in [0.15, 0.2) is 0 Å². The fourth-order valence-corrected chi connectivity index (χ4v) is 2.75. The molecule has 1 saturated heterocycles. The Morgan fingerprint density at radius 3 is 2.44 bits per heavy atom. The van der Waals surface area contributed by atoms with Crippen LogP contribution in [0.1, 0.15) is 25.3 Å². The second-order valence-electron chi connectivity index (χ2n) is 5.02. The minimum atomic E-state index is -0.322. The highest BCUT2D eigenvalue weighted by molar-refractivity contribution is 5.88. The molecule has 1 N–H and O–H groups in total. The summed E-state index contributed by atoms with van der Waals surface area (Å²) in [6, 6.07) is 10.2. The molecule has 0 spiro atoms. The van der Waals surface area contributed by atoms with Gasteiger partial charge in [0.2, 0.25) is 5.91 Å². The molecule has 0 unspecified atom stereocenters. The van der Waals surface area contributed by atoms with Crippen molar-refractivity contribution in [2.75, 3.05) is 26.7 Å². The number of rotatable bonds is 3. The van der Waals surface area contributed by atoms with E-state index in [4.69, 9.17) is 0 Å². The van der Waals surface area contributed by atoms with Crippen LogP contribution in [0.3, 0.4) is 0 Å². The van der Waals surface area contributed by atoms with Crippen molar-refractivity contribution in [2.24, 2.45) is 0 Å². The SMILES string of the molecule is CCN(C)C(=O)C1(c2ccccc2)CCNCC1. The first-order valence-electron chi connectivity index (χ1n) is 6.72. The highest BCUT2D eigenvalue weighted by Crippen LogP contribution is 2.35. The maximum Gasteiger partial charge on any atom is 0.233 e. The number of likely N-dealkylation sites (N-methyl/N-ethyl adjacent to an activating group) is 1. The summed E-state index contributed by atoms with van der Waals surface area (Å²) < 4.78 is 0. The molecule has 0 aromatic heterocycles. The molecule has 0 atom stereocenters. The number of piperidine rings is 1. The van der Waals surface area contributed by atoms with Crippen LogP contribution in [0.2, 0.25) is 0 Å². The van der Waals surface area contributed by atoms with Gasteiger partial charge in [0.05, 0.1) is 5.41 Å². The number of amides is 1.